The first-order chi connectivity index (χ1) is 21.8. The zero-order valence-electron chi connectivity index (χ0n) is 24.9. The van der Waals surface area contributed by atoms with Gasteiger partial charge in [0.1, 0.15) is 0 Å². The van der Waals surface area contributed by atoms with Crippen LogP contribution in [0.4, 0.5) is 17.1 Å². The van der Waals surface area contributed by atoms with Crippen LogP contribution in [0.3, 0.4) is 0 Å². The van der Waals surface area contributed by atoms with Crippen molar-refractivity contribution in [2.24, 2.45) is 0 Å². The van der Waals surface area contributed by atoms with Crippen LogP contribution in [0.25, 0.3) is 49.4 Å². The molecule has 0 radical (unpaired) electrons. The summed E-state index contributed by atoms with van der Waals surface area (Å²) in [5.41, 5.74) is 9.37. The quantitative estimate of drug-likeness (QED) is 0.163. The second kappa shape index (κ2) is 12.4. The van der Waals surface area contributed by atoms with E-state index in [2.05, 4.69) is 124 Å². The summed E-state index contributed by atoms with van der Waals surface area (Å²) in [5, 5.41) is 5.08. The monoisotopic (exact) mass is 760 g/mol. The molecule has 0 bridgehead atoms. The van der Waals surface area contributed by atoms with Crippen molar-refractivity contribution >= 4 is 55.2 Å². The summed E-state index contributed by atoms with van der Waals surface area (Å²) in [6, 6.07) is 49.1. The smallest absolute Gasteiger partial charge is 0.501 e. The summed E-state index contributed by atoms with van der Waals surface area (Å²) >= 11 is 0. The molecule has 1 aliphatic heterocycles. The van der Waals surface area contributed by atoms with Crippen LogP contribution in [0.5, 0.6) is 0 Å². The standard InChI is InChI=1S/C29H23N3.C11H8N.Ir/c1-2-3-17-30-19-31(28-14-7-6-13-27(28)30)20-15-16-26-24(18-20)23-11-8-10-22-21-9-4-5-12-25(21)32(26)29(22)23;1-2-6-10(7-3-1)11-8-4-5-9-12-11;/h4-16,19H,2-3,17H2,1H3;1-6,8-9H;/q-2;-1;+3. The molecular weight excluding hydrogens is 729 g/mol. The summed E-state index contributed by atoms with van der Waals surface area (Å²) in [4.78, 5) is 8.88. The van der Waals surface area contributed by atoms with Crippen molar-refractivity contribution in [2.45, 2.75) is 19.8 Å². The van der Waals surface area contributed by atoms with E-state index in [1.807, 2.05) is 42.5 Å². The largest absolute Gasteiger partial charge is 3.00 e. The topological polar surface area (TPSA) is 23.8 Å². The summed E-state index contributed by atoms with van der Waals surface area (Å²) < 4.78 is 2.41. The van der Waals surface area contributed by atoms with E-state index in [4.69, 9.17) is 0 Å². The molecule has 5 heteroatoms. The van der Waals surface area contributed by atoms with Gasteiger partial charge in [-0.3, -0.25) is 0 Å². The fourth-order valence-electron chi connectivity index (χ4n) is 6.43. The average Bonchev–Trinajstić information content (AvgIpc) is 3.75. The number of hydrogen-bond acceptors (Lipinski definition) is 3. The number of pyridine rings is 1. The number of anilines is 3. The minimum Gasteiger partial charge on any atom is -0.501 e. The van der Waals surface area contributed by atoms with Crippen LogP contribution in [0.15, 0.2) is 128 Å². The number of nitrogens with zero attached hydrogens (tertiary/aromatic N) is 4. The van der Waals surface area contributed by atoms with Gasteiger partial charge >= 0.3 is 20.1 Å². The average molecular weight is 760 g/mol. The third kappa shape index (κ3) is 5.03. The Hall–Kier alpha value is -4.70. The molecule has 0 saturated heterocycles. The number of rotatable bonds is 5. The Bertz CT molecular complexity index is 2170. The van der Waals surface area contributed by atoms with E-state index < -0.39 is 0 Å². The Morgan fingerprint density at radius 3 is 2.31 bits per heavy atom. The zero-order chi connectivity index (χ0) is 29.5. The van der Waals surface area contributed by atoms with Crippen LogP contribution >= 0.6 is 0 Å². The van der Waals surface area contributed by atoms with Crippen molar-refractivity contribution in [3.63, 3.8) is 0 Å². The first-order valence-corrected chi connectivity index (χ1v) is 15.3. The van der Waals surface area contributed by atoms with Crippen molar-refractivity contribution in [1.82, 2.24) is 9.38 Å². The van der Waals surface area contributed by atoms with Crippen molar-refractivity contribution in [1.29, 1.82) is 0 Å². The minimum atomic E-state index is 0. The van der Waals surface area contributed by atoms with Gasteiger partial charge in [0.25, 0.3) is 0 Å². The second-order valence-electron chi connectivity index (χ2n) is 11.2. The Labute approximate surface area is 277 Å². The molecule has 5 aromatic carbocycles. The van der Waals surface area contributed by atoms with Crippen molar-refractivity contribution in [2.75, 3.05) is 16.3 Å². The van der Waals surface area contributed by atoms with Crippen molar-refractivity contribution in [3.8, 4) is 11.3 Å². The molecule has 9 rings (SSSR count). The molecule has 0 amide bonds. The Balaban J connectivity index is 0.000000211. The Kier molecular flexibility index (Phi) is 7.97. The van der Waals surface area contributed by atoms with Gasteiger partial charge in [-0.15, -0.1) is 59.5 Å². The van der Waals surface area contributed by atoms with Crippen molar-refractivity contribution < 1.29 is 20.1 Å². The molecule has 220 valence electrons. The number of benzene rings is 5. The van der Waals surface area contributed by atoms with Gasteiger partial charge in [0.2, 0.25) is 0 Å². The van der Waals surface area contributed by atoms with E-state index in [0.29, 0.717) is 0 Å². The number of para-hydroxylation sites is 4. The molecule has 1 aliphatic rings. The number of hydrogen-bond donors (Lipinski definition) is 0. The Morgan fingerprint density at radius 2 is 1.49 bits per heavy atom. The maximum atomic E-state index is 4.22. The maximum Gasteiger partial charge on any atom is 3.00 e. The summed E-state index contributed by atoms with van der Waals surface area (Å²) in [5.74, 6) is 0. The molecule has 3 aromatic heterocycles. The third-order valence-electron chi connectivity index (χ3n) is 8.48. The van der Waals surface area contributed by atoms with E-state index in [9.17, 15) is 0 Å². The van der Waals surface area contributed by atoms with Crippen LogP contribution in [-0.2, 0) is 20.1 Å². The van der Waals surface area contributed by atoms with Gasteiger partial charge in [-0.2, -0.15) is 6.67 Å². The molecule has 0 fully saturated rings. The summed E-state index contributed by atoms with van der Waals surface area (Å²) in [6.07, 6.45) is 4.15. The van der Waals surface area contributed by atoms with E-state index in [1.165, 1.54) is 62.3 Å². The maximum absolute atomic E-state index is 4.22. The van der Waals surface area contributed by atoms with Crippen LogP contribution in [0, 0.1) is 18.8 Å². The van der Waals surface area contributed by atoms with Crippen LogP contribution in [0.1, 0.15) is 19.8 Å². The molecule has 0 atom stereocenters. The molecule has 0 N–H and O–H groups in total. The molecular formula is C40H31IrN4. The fraction of sp³-hybridized carbons (Fsp3) is 0.100. The SMILES string of the molecule is CCCCN1[CH-]N(c2[c-]c3c4cccc5c6ccccc6n(c3cc2)c45)c2ccccc21.[Ir+3].[c-]1ccccc1-c1ccccn1. The Morgan fingerprint density at radius 1 is 0.711 bits per heavy atom. The fourth-order valence-corrected chi connectivity index (χ4v) is 6.43. The molecule has 0 unspecified atom stereocenters. The molecule has 4 nitrogen and oxygen atoms in total. The van der Waals surface area contributed by atoms with Gasteiger partial charge in [0.15, 0.2) is 0 Å². The van der Waals surface area contributed by atoms with E-state index in [0.717, 1.165) is 23.5 Å². The van der Waals surface area contributed by atoms with Crippen LogP contribution < -0.4 is 9.80 Å². The number of aromatic nitrogens is 2. The first kappa shape index (κ1) is 29.0. The van der Waals surface area contributed by atoms with Gasteiger partial charge in [0.05, 0.1) is 0 Å². The zero-order valence-corrected chi connectivity index (χ0v) is 27.3. The van der Waals surface area contributed by atoms with Crippen molar-refractivity contribution in [3.05, 3.63) is 146 Å². The predicted octanol–water partition coefficient (Wildman–Crippen LogP) is 10.1. The van der Waals surface area contributed by atoms with E-state index in [-0.39, 0.29) is 20.1 Å². The second-order valence-corrected chi connectivity index (χ2v) is 11.2. The summed E-state index contributed by atoms with van der Waals surface area (Å²) in [7, 11) is 0. The van der Waals surface area contributed by atoms with E-state index in [1.54, 1.807) is 6.20 Å². The number of fused-ring (bicyclic) bond motifs is 7. The normalized spacial score (nSPS) is 12.5. The molecule has 0 aliphatic carbocycles. The summed E-state index contributed by atoms with van der Waals surface area (Å²) in [6.45, 7) is 5.52. The molecule has 4 heterocycles. The predicted molar refractivity (Wildman–Crippen MR) is 184 cm³/mol. The molecule has 0 saturated carbocycles. The minimum absolute atomic E-state index is 0. The van der Waals surface area contributed by atoms with Crippen LogP contribution in [0.2, 0.25) is 0 Å². The molecule has 8 aromatic rings. The van der Waals surface area contributed by atoms with Gasteiger partial charge in [-0.25, -0.2) is 0 Å². The van der Waals surface area contributed by atoms with E-state index >= 15 is 0 Å². The third-order valence-corrected chi connectivity index (χ3v) is 8.48. The first-order valence-electron chi connectivity index (χ1n) is 15.3. The van der Waals surface area contributed by atoms with Gasteiger partial charge in [0, 0.05) is 34.0 Å². The molecule has 0 spiro atoms. The van der Waals surface area contributed by atoms with Crippen LogP contribution in [-0.4, -0.2) is 15.9 Å². The van der Waals surface area contributed by atoms with Gasteiger partial charge in [-0.1, -0.05) is 85.1 Å². The van der Waals surface area contributed by atoms with Gasteiger partial charge in [-0.05, 0) is 53.8 Å². The number of unbranched alkanes of at least 4 members (excludes halogenated alkanes) is 1. The molecule has 45 heavy (non-hydrogen) atoms. The van der Waals surface area contributed by atoms with Gasteiger partial charge < -0.3 is 19.2 Å².